The van der Waals surface area contributed by atoms with Crippen LogP contribution in [0.25, 0.3) is 0 Å². The third-order valence-electron chi connectivity index (χ3n) is 4.86. The average Bonchev–Trinajstić information content (AvgIpc) is 2.85. The molecule has 0 saturated carbocycles. The number of amides is 2. The summed E-state index contributed by atoms with van der Waals surface area (Å²) in [5.74, 6) is 0.189. The van der Waals surface area contributed by atoms with Gasteiger partial charge in [0.2, 0.25) is 5.91 Å². The van der Waals surface area contributed by atoms with Gasteiger partial charge in [0, 0.05) is 34.1 Å². The van der Waals surface area contributed by atoms with E-state index in [1.165, 1.54) is 25.5 Å². The lowest BCUT2D eigenvalue weighted by Gasteiger charge is -2.14. The number of methoxy groups -OCH3 is 1. The van der Waals surface area contributed by atoms with Crippen molar-refractivity contribution in [3.05, 3.63) is 89.8 Å². The lowest BCUT2D eigenvalue weighted by Crippen LogP contribution is -2.29. The highest BCUT2D eigenvalue weighted by molar-refractivity contribution is 9.10. The molecule has 37 heavy (non-hydrogen) atoms. The van der Waals surface area contributed by atoms with Crippen LogP contribution < -0.4 is 20.2 Å². The number of nitrogens with one attached hydrogen (secondary N) is 2. The Labute approximate surface area is 242 Å². The van der Waals surface area contributed by atoms with Crippen LogP contribution in [-0.4, -0.2) is 31.7 Å². The normalized spacial score (nSPS) is 10.9. The molecule has 0 saturated heterocycles. The van der Waals surface area contributed by atoms with Crippen molar-refractivity contribution in [1.82, 2.24) is 10.7 Å². The zero-order valence-electron chi connectivity index (χ0n) is 19.3. The Morgan fingerprint density at radius 1 is 1.00 bits per heavy atom. The molecule has 0 aliphatic carbocycles. The van der Waals surface area contributed by atoms with Crippen molar-refractivity contribution < 1.29 is 19.1 Å². The van der Waals surface area contributed by atoms with Gasteiger partial charge in [0.15, 0.2) is 11.5 Å². The molecule has 0 aromatic heterocycles. The van der Waals surface area contributed by atoms with Crippen molar-refractivity contribution in [1.29, 1.82) is 0 Å². The molecule has 2 N–H and O–H groups in total. The molecule has 194 valence electrons. The number of ether oxygens (including phenoxy) is 2. The number of carbonyl (C=O) groups is 2. The molecule has 7 nitrogen and oxygen atoms in total. The van der Waals surface area contributed by atoms with Crippen LogP contribution in [0.1, 0.15) is 27.9 Å². The highest BCUT2D eigenvalue weighted by Crippen LogP contribution is 2.37. The van der Waals surface area contributed by atoms with Gasteiger partial charge in [0.1, 0.15) is 6.61 Å². The van der Waals surface area contributed by atoms with Crippen molar-refractivity contribution in [3.8, 4) is 11.5 Å². The van der Waals surface area contributed by atoms with Crippen LogP contribution in [0.3, 0.4) is 0 Å². The van der Waals surface area contributed by atoms with Crippen molar-refractivity contribution in [3.63, 3.8) is 0 Å². The van der Waals surface area contributed by atoms with E-state index in [1.807, 2.05) is 0 Å². The number of hydrazone groups is 1. The van der Waals surface area contributed by atoms with E-state index in [-0.39, 0.29) is 36.4 Å². The molecule has 0 fully saturated rings. The standard InChI is InChI=1S/C25H20BrCl4N3O4/c1-36-22-9-14(8-18(26)24(22)37-13-16-2-4-17(27)11-20(16)29)12-32-33-23(34)6-7-31-25(35)15-3-5-19(28)21(30)10-15/h2-5,8-12H,6-7,13H2,1H3,(H,31,35)(H,33,34). The summed E-state index contributed by atoms with van der Waals surface area (Å²) >= 11 is 27.4. The molecule has 0 radical (unpaired) electrons. The van der Waals surface area contributed by atoms with E-state index in [4.69, 9.17) is 55.9 Å². The second-order valence-electron chi connectivity index (χ2n) is 7.49. The first-order valence-electron chi connectivity index (χ1n) is 10.7. The van der Waals surface area contributed by atoms with E-state index in [1.54, 1.807) is 36.4 Å². The first-order chi connectivity index (χ1) is 17.7. The van der Waals surface area contributed by atoms with E-state index < -0.39 is 0 Å². The maximum absolute atomic E-state index is 12.2. The summed E-state index contributed by atoms with van der Waals surface area (Å²) in [5.41, 5.74) is 4.17. The average molecular weight is 648 g/mol. The molecule has 0 heterocycles. The minimum atomic E-state index is -0.378. The molecule has 0 bridgehead atoms. The third-order valence-corrected chi connectivity index (χ3v) is 6.78. The number of nitrogens with zero attached hydrogens (tertiary/aromatic N) is 1. The lowest BCUT2D eigenvalue weighted by atomic mass is 10.2. The van der Waals surface area contributed by atoms with Crippen LogP contribution in [0.5, 0.6) is 11.5 Å². The predicted molar refractivity (Wildman–Crippen MR) is 151 cm³/mol. The molecule has 0 unspecified atom stereocenters. The molecule has 2 amide bonds. The highest BCUT2D eigenvalue weighted by Gasteiger charge is 2.13. The van der Waals surface area contributed by atoms with Crippen molar-refractivity contribution in [2.24, 2.45) is 5.10 Å². The predicted octanol–water partition coefficient (Wildman–Crippen LogP) is 6.92. The summed E-state index contributed by atoms with van der Waals surface area (Å²) in [5, 5.41) is 8.26. The van der Waals surface area contributed by atoms with Crippen LogP contribution in [0.15, 0.2) is 58.1 Å². The van der Waals surface area contributed by atoms with E-state index in [2.05, 4.69) is 31.8 Å². The van der Waals surface area contributed by atoms with Gasteiger partial charge >= 0.3 is 0 Å². The summed E-state index contributed by atoms with van der Waals surface area (Å²) in [7, 11) is 1.51. The van der Waals surface area contributed by atoms with Crippen molar-refractivity contribution >= 4 is 80.4 Å². The van der Waals surface area contributed by atoms with E-state index in [9.17, 15) is 9.59 Å². The summed E-state index contributed by atoms with van der Waals surface area (Å²) in [4.78, 5) is 24.2. The topological polar surface area (TPSA) is 89.0 Å². The number of benzene rings is 3. The van der Waals surface area contributed by atoms with Gasteiger partial charge in [0.25, 0.3) is 5.91 Å². The molecular formula is C25H20BrCl4N3O4. The Bertz CT molecular complexity index is 1340. The fraction of sp³-hybridized carbons (Fsp3) is 0.160. The molecule has 3 rings (SSSR count). The molecule has 3 aromatic rings. The summed E-state index contributed by atoms with van der Waals surface area (Å²) in [6.07, 6.45) is 1.48. The Balaban J connectivity index is 1.52. The largest absolute Gasteiger partial charge is 0.493 e. The summed E-state index contributed by atoms with van der Waals surface area (Å²) in [6.45, 7) is 0.319. The minimum Gasteiger partial charge on any atom is -0.493 e. The first kappa shape index (κ1) is 29.1. The van der Waals surface area contributed by atoms with E-state index in [0.29, 0.717) is 42.2 Å². The molecule has 0 spiro atoms. The zero-order valence-corrected chi connectivity index (χ0v) is 23.9. The Morgan fingerprint density at radius 3 is 2.49 bits per heavy atom. The number of hydrogen-bond acceptors (Lipinski definition) is 5. The van der Waals surface area contributed by atoms with Gasteiger partial charge in [-0.1, -0.05) is 52.5 Å². The fourth-order valence-electron chi connectivity index (χ4n) is 3.01. The quantitative estimate of drug-likeness (QED) is 0.185. The van der Waals surface area contributed by atoms with Gasteiger partial charge in [-0.3, -0.25) is 9.59 Å². The molecule has 0 aliphatic rings. The maximum Gasteiger partial charge on any atom is 0.251 e. The van der Waals surface area contributed by atoms with E-state index >= 15 is 0 Å². The van der Waals surface area contributed by atoms with Crippen molar-refractivity contribution in [2.75, 3.05) is 13.7 Å². The third kappa shape index (κ3) is 8.51. The Kier molecular flexibility index (Phi) is 10.9. The Morgan fingerprint density at radius 2 is 1.78 bits per heavy atom. The minimum absolute atomic E-state index is 0.0253. The van der Waals surface area contributed by atoms with Gasteiger partial charge in [-0.15, -0.1) is 0 Å². The Hall–Kier alpha value is -2.49. The molecule has 0 aliphatic heterocycles. The second-order valence-corrected chi connectivity index (χ2v) is 10.00. The number of halogens is 5. The molecule has 12 heteroatoms. The zero-order chi connectivity index (χ0) is 26.9. The van der Waals surface area contributed by atoms with Crippen LogP contribution in [-0.2, 0) is 11.4 Å². The van der Waals surface area contributed by atoms with Crippen LogP contribution >= 0.6 is 62.3 Å². The number of carbonyl (C=O) groups excluding carboxylic acids is 2. The van der Waals surface area contributed by atoms with Crippen LogP contribution in [0, 0.1) is 0 Å². The molecule has 3 aromatic carbocycles. The number of rotatable bonds is 10. The van der Waals surface area contributed by atoms with Crippen LogP contribution in [0.4, 0.5) is 0 Å². The maximum atomic E-state index is 12.2. The summed E-state index contributed by atoms with van der Waals surface area (Å²) < 4.78 is 12.0. The summed E-state index contributed by atoms with van der Waals surface area (Å²) in [6, 6.07) is 13.2. The fourth-order valence-corrected chi connectivity index (χ4v) is 4.34. The number of hydrogen-bond donors (Lipinski definition) is 2. The van der Waals surface area contributed by atoms with E-state index in [0.717, 1.165) is 5.56 Å². The lowest BCUT2D eigenvalue weighted by molar-refractivity contribution is -0.120. The van der Waals surface area contributed by atoms with Crippen molar-refractivity contribution in [2.45, 2.75) is 13.0 Å². The van der Waals surface area contributed by atoms with Gasteiger partial charge in [-0.05, 0) is 64.0 Å². The second kappa shape index (κ2) is 13.9. The first-order valence-corrected chi connectivity index (χ1v) is 13.0. The van der Waals surface area contributed by atoms with Gasteiger partial charge in [0.05, 0.1) is 27.8 Å². The van der Waals surface area contributed by atoms with Gasteiger partial charge in [-0.25, -0.2) is 5.43 Å². The monoisotopic (exact) mass is 645 g/mol. The highest BCUT2D eigenvalue weighted by atomic mass is 79.9. The van der Waals surface area contributed by atoms with Crippen LogP contribution in [0.2, 0.25) is 20.1 Å². The molecule has 0 atom stereocenters. The molecular weight excluding hydrogens is 628 g/mol. The smallest absolute Gasteiger partial charge is 0.251 e. The SMILES string of the molecule is COc1cc(C=NNC(=O)CCNC(=O)c2ccc(Cl)c(Cl)c2)cc(Br)c1OCc1ccc(Cl)cc1Cl. The van der Waals surface area contributed by atoms with Gasteiger partial charge in [-0.2, -0.15) is 5.10 Å². The van der Waals surface area contributed by atoms with Gasteiger partial charge < -0.3 is 14.8 Å².